The Balaban J connectivity index is 1.96. The fourth-order valence-corrected chi connectivity index (χ4v) is 4.55. The fourth-order valence-electron chi connectivity index (χ4n) is 2.63. The number of halogens is 1. The van der Waals surface area contributed by atoms with Gasteiger partial charge in [0.15, 0.2) is 0 Å². The minimum atomic E-state index is -3.67. The van der Waals surface area contributed by atoms with Crippen LogP contribution in [0.15, 0.2) is 42.5 Å². The molecule has 2 aromatic rings. The van der Waals surface area contributed by atoms with Gasteiger partial charge in [-0.1, -0.05) is 35.9 Å². The van der Waals surface area contributed by atoms with Crippen LogP contribution in [0.1, 0.15) is 11.1 Å². The first-order chi connectivity index (χ1) is 10.9. The maximum atomic E-state index is 12.7. The second-order valence-corrected chi connectivity index (χ2v) is 7.54. The molecule has 0 aromatic heterocycles. The number of rotatable bonds is 4. The highest BCUT2D eigenvalue weighted by Gasteiger charge is 2.31. The van der Waals surface area contributed by atoms with E-state index in [0.717, 1.165) is 5.56 Å². The summed E-state index contributed by atoms with van der Waals surface area (Å²) in [5, 5.41) is 11.3. The van der Waals surface area contributed by atoms with Gasteiger partial charge in [-0.15, -0.1) is 0 Å². The third-order valence-corrected chi connectivity index (χ3v) is 5.86. The van der Waals surface area contributed by atoms with Crippen LogP contribution in [-0.4, -0.2) is 19.9 Å². The number of hydrogen-bond donors (Lipinski definition) is 0. The molecule has 0 spiro atoms. The summed E-state index contributed by atoms with van der Waals surface area (Å²) in [5.74, 6) is -0.241. The molecule has 0 atom stereocenters. The van der Waals surface area contributed by atoms with Crippen LogP contribution in [0.2, 0.25) is 5.02 Å². The molecule has 1 aliphatic heterocycles. The number of fused-ring (bicyclic) bond motifs is 1. The first kappa shape index (κ1) is 15.8. The largest absolute Gasteiger partial charge is 0.271 e. The zero-order chi connectivity index (χ0) is 16.6. The SMILES string of the molecule is O=[N+]([O-])c1ccc2c(c1)N(S(=O)(=O)Cc1ccccc1Cl)CC2. The molecule has 2 aromatic carbocycles. The first-order valence-electron chi connectivity index (χ1n) is 6.89. The van der Waals surface area contributed by atoms with Gasteiger partial charge in [-0.3, -0.25) is 14.4 Å². The highest BCUT2D eigenvalue weighted by atomic mass is 35.5. The van der Waals surface area contributed by atoms with E-state index < -0.39 is 14.9 Å². The lowest BCUT2D eigenvalue weighted by atomic mass is 10.1. The molecule has 1 heterocycles. The number of sulfonamides is 1. The van der Waals surface area contributed by atoms with E-state index >= 15 is 0 Å². The maximum absolute atomic E-state index is 12.7. The average molecular weight is 353 g/mol. The van der Waals surface area contributed by atoms with Crippen molar-refractivity contribution in [2.75, 3.05) is 10.8 Å². The van der Waals surface area contributed by atoms with Gasteiger partial charge in [0.05, 0.1) is 16.4 Å². The van der Waals surface area contributed by atoms with Crippen molar-refractivity contribution in [1.29, 1.82) is 0 Å². The van der Waals surface area contributed by atoms with Gasteiger partial charge < -0.3 is 0 Å². The number of anilines is 1. The number of benzene rings is 2. The molecule has 23 heavy (non-hydrogen) atoms. The van der Waals surface area contributed by atoms with Crippen LogP contribution in [-0.2, 0) is 22.2 Å². The van der Waals surface area contributed by atoms with Gasteiger partial charge in [-0.2, -0.15) is 0 Å². The van der Waals surface area contributed by atoms with Crippen molar-refractivity contribution in [3.05, 3.63) is 68.7 Å². The minimum Gasteiger partial charge on any atom is -0.269 e. The minimum absolute atomic E-state index is 0.122. The zero-order valence-corrected chi connectivity index (χ0v) is 13.5. The van der Waals surface area contributed by atoms with Gasteiger partial charge >= 0.3 is 0 Å². The Morgan fingerprint density at radius 2 is 1.96 bits per heavy atom. The van der Waals surface area contributed by atoms with Gasteiger partial charge in [-0.05, 0) is 23.6 Å². The van der Waals surface area contributed by atoms with Crippen molar-refractivity contribution in [2.24, 2.45) is 0 Å². The van der Waals surface area contributed by atoms with Crippen LogP contribution in [0.5, 0.6) is 0 Å². The fraction of sp³-hybridized carbons (Fsp3) is 0.200. The Labute approximate surface area is 138 Å². The van der Waals surface area contributed by atoms with E-state index in [0.29, 0.717) is 22.7 Å². The van der Waals surface area contributed by atoms with Gasteiger partial charge in [0, 0.05) is 23.7 Å². The van der Waals surface area contributed by atoms with E-state index in [1.165, 1.54) is 16.4 Å². The molecule has 120 valence electrons. The second kappa shape index (κ2) is 5.82. The summed E-state index contributed by atoms with van der Waals surface area (Å²) in [6, 6.07) is 11.1. The van der Waals surface area contributed by atoms with Crippen molar-refractivity contribution < 1.29 is 13.3 Å². The predicted octanol–water partition coefficient (Wildman–Crippen LogP) is 3.14. The molecule has 0 aliphatic carbocycles. The molecule has 3 rings (SSSR count). The van der Waals surface area contributed by atoms with Crippen LogP contribution in [0, 0.1) is 10.1 Å². The number of hydrogen-bond acceptors (Lipinski definition) is 4. The smallest absolute Gasteiger partial charge is 0.269 e. The average Bonchev–Trinajstić information content (AvgIpc) is 2.93. The molecule has 6 nitrogen and oxygen atoms in total. The molecule has 0 saturated carbocycles. The summed E-state index contributed by atoms with van der Waals surface area (Å²) in [7, 11) is -3.67. The topological polar surface area (TPSA) is 80.5 Å². The highest BCUT2D eigenvalue weighted by Crippen LogP contribution is 2.34. The van der Waals surface area contributed by atoms with Crippen LogP contribution >= 0.6 is 11.6 Å². The van der Waals surface area contributed by atoms with E-state index in [-0.39, 0.29) is 18.0 Å². The van der Waals surface area contributed by atoms with Gasteiger partial charge in [-0.25, -0.2) is 8.42 Å². The molecule has 8 heteroatoms. The Hall–Kier alpha value is -2.12. The quantitative estimate of drug-likeness (QED) is 0.625. The first-order valence-corrected chi connectivity index (χ1v) is 8.88. The van der Waals surface area contributed by atoms with Crippen LogP contribution in [0.25, 0.3) is 0 Å². The lowest BCUT2D eigenvalue weighted by Crippen LogP contribution is -2.30. The van der Waals surface area contributed by atoms with Crippen LogP contribution < -0.4 is 4.31 Å². The van der Waals surface area contributed by atoms with Crippen molar-refractivity contribution in [2.45, 2.75) is 12.2 Å². The van der Waals surface area contributed by atoms with Gasteiger partial charge in [0.1, 0.15) is 0 Å². The third-order valence-electron chi connectivity index (χ3n) is 3.76. The number of nitrogens with zero attached hydrogens (tertiary/aromatic N) is 2. The van der Waals surface area contributed by atoms with E-state index in [1.807, 2.05) is 0 Å². The van der Waals surface area contributed by atoms with E-state index in [2.05, 4.69) is 0 Å². The molecule has 0 saturated heterocycles. The monoisotopic (exact) mass is 352 g/mol. The van der Waals surface area contributed by atoms with Crippen molar-refractivity contribution in [3.8, 4) is 0 Å². The number of nitro benzene ring substituents is 1. The molecule has 0 unspecified atom stereocenters. The molecular formula is C15H13ClN2O4S. The van der Waals surface area contributed by atoms with Crippen LogP contribution in [0.3, 0.4) is 0 Å². The predicted molar refractivity (Wildman–Crippen MR) is 88.2 cm³/mol. The summed E-state index contributed by atoms with van der Waals surface area (Å²) in [6.07, 6.45) is 0.537. The normalized spacial score (nSPS) is 13.9. The molecule has 0 amide bonds. The van der Waals surface area contributed by atoms with Crippen LogP contribution in [0.4, 0.5) is 11.4 Å². The summed E-state index contributed by atoms with van der Waals surface area (Å²) < 4.78 is 26.6. The lowest BCUT2D eigenvalue weighted by Gasteiger charge is -2.19. The van der Waals surface area contributed by atoms with Crippen molar-refractivity contribution in [3.63, 3.8) is 0 Å². The number of nitro groups is 1. The van der Waals surface area contributed by atoms with E-state index in [4.69, 9.17) is 11.6 Å². The Kier molecular flexibility index (Phi) is 3.99. The standard InChI is InChI=1S/C15H13ClN2O4S/c16-14-4-2-1-3-12(14)10-23(21,22)17-8-7-11-5-6-13(18(19)20)9-15(11)17/h1-6,9H,7-8,10H2. The lowest BCUT2D eigenvalue weighted by molar-refractivity contribution is -0.384. The summed E-state index contributed by atoms with van der Waals surface area (Å²) in [4.78, 5) is 10.4. The van der Waals surface area contributed by atoms with E-state index in [9.17, 15) is 18.5 Å². The summed E-state index contributed by atoms with van der Waals surface area (Å²) in [5.41, 5.74) is 1.56. The summed E-state index contributed by atoms with van der Waals surface area (Å²) >= 11 is 6.03. The van der Waals surface area contributed by atoms with Gasteiger partial charge in [0.25, 0.3) is 5.69 Å². The number of non-ortho nitro benzene ring substituents is 1. The second-order valence-electron chi connectivity index (χ2n) is 5.24. The zero-order valence-electron chi connectivity index (χ0n) is 12.0. The molecular weight excluding hydrogens is 340 g/mol. The molecule has 0 fully saturated rings. The maximum Gasteiger partial charge on any atom is 0.271 e. The third kappa shape index (κ3) is 3.02. The van der Waals surface area contributed by atoms with Crippen molar-refractivity contribution >= 4 is 33.0 Å². The van der Waals surface area contributed by atoms with Gasteiger partial charge in [0.2, 0.25) is 10.0 Å². The molecule has 1 aliphatic rings. The van der Waals surface area contributed by atoms with E-state index in [1.54, 1.807) is 30.3 Å². The Bertz CT molecular complexity index is 883. The molecule has 0 radical (unpaired) electrons. The molecule has 0 N–H and O–H groups in total. The Morgan fingerprint density at radius 3 is 2.65 bits per heavy atom. The van der Waals surface area contributed by atoms with Crippen molar-refractivity contribution in [1.82, 2.24) is 0 Å². The molecule has 0 bridgehead atoms. The Morgan fingerprint density at radius 1 is 1.22 bits per heavy atom. The summed E-state index contributed by atoms with van der Waals surface area (Å²) in [6.45, 7) is 0.281. The highest BCUT2D eigenvalue weighted by molar-refractivity contribution is 7.92.